The third-order valence-electron chi connectivity index (χ3n) is 5.07. The minimum atomic E-state index is -4.42. The Balaban J connectivity index is 1.59. The molecule has 1 aromatic carbocycles. The smallest absolute Gasteiger partial charge is 0.336 e. The molecule has 4 rings (SSSR count). The molecule has 1 saturated heterocycles. The first kappa shape index (κ1) is 18.5. The molecule has 28 heavy (non-hydrogen) atoms. The maximum atomic E-state index is 12.9. The summed E-state index contributed by atoms with van der Waals surface area (Å²) in [6.07, 6.45) is -1.18. The third-order valence-corrected chi connectivity index (χ3v) is 5.07. The number of likely N-dealkylation sites (tertiary alicyclic amines) is 1. The quantitative estimate of drug-likeness (QED) is 0.672. The normalized spacial score (nSPS) is 18.0. The van der Waals surface area contributed by atoms with Gasteiger partial charge in [-0.05, 0) is 38.0 Å². The topological polar surface area (TPSA) is 68.8 Å². The van der Waals surface area contributed by atoms with Gasteiger partial charge < -0.3 is 4.90 Å². The van der Waals surface area contributed by atoms with Gasteiger partial charge in [-0.2, -0.15) is 18.3 Å². The number of aromatic nitrogens is 5. The minimum absolute atomic E-state index is 0.0981. The summed E-state index contributed by atoms with van der Waals surface area (Å²) < 4.78 is 42.0. The Morgan fingerprint density at radius 3 is 2.75 bits per heavy atom. The van der Waals surface area contributed by atoms with E-state index in [9.17, 15) is 18.0 Å². The Hall–Kier alpha value is -2.91. The fourth-order valence-corrected chi connectivity index (χ4v) is 3.71. The number of alkyl halides is 3. The lowest BCUT2D eigenvalue weighted by Crippen LogP contribution is -2.41. The van der Waals surface area contributed by atoms with Gasteiger partial charge in [0.05, 0.1) is 28.4 Å². The molecule has 0 radical (unpaired) electrons. The predicted molar refractivity (Wildman–Crippen MR) is 94.6 cm³/mol. The van der Waals surface area contributed by atoms with Gasteiger partial charge in [0.25, 0.3) is 5.91 Å². The van der Waals surface area contributed by atoms with Crippen LogP contribution in [0.15, 0.2) is 24.4 Å². The second kappa shape index (κ2) is 6.61. The van der Waals surface area contributed by atoms with Crippen molar-refractivity contribution in [3.8, 4) is 0 Å². The number of carbonyl (C=O) groups is 1. The largest absolute Gasteiger partial charge is 0.416 e. The third kappa shape index (κ3) is 3.23. The maximum Gasteiger partial charge on any atom is 0.416 e. The number of rotatable bonds is 2. The van der Waals surface area contributed by atoms with E-state index in [2.05, 4.69) is 15.4 Å². The summed E-state index contributed by atoms with van der Waals surface area (Å²) in [7, 11) is 1.76. The van der Waals surface area contributed by atoms with Crippen molar-refractivity contribution in [3.05, 3.63) is 41.2 Å². The minimum Gasteiger partial charge on any atom is -0.336 e. The Morgan fingerprint density at radius 1 is 1.29 bits per heavy atom. The molecule has 1 fully saturated rings. The standard InChI is InChI=1S/C18H19F3N6O/c1-11-14(10-25(2)23-11)17(28)26-7-3-4-13(9-26)27-16-6-5-12(18(19,20)21)8-15(16)22-24-27/h5-6,8,10,13H,3-4,7,9H2,1-2H3/t13-/m1/s1. The summed E-state index contributed by atoms with van der Waals surface area (Å²) in [5, 5.41) is 12.2. The van der Waals surface area contributed by atoms with E-state index >= 15 is 0 Å². The highest BCUT2D eigenvalue weighted by molar-refractivity contribution is 5.95. The van der Waals surface area contributed by atoms with Crippen molar-refractivity contribution in [3.63, 3.8) is 0 Å². The van der Waals surface area contributed by atoms with Gasteiger partial charge in [0, 0.05) is 26.3 Å². The van der Waals surface area contributed by atoms with Crippen LogP contribution in [-0.4, -0.2) is 48.7 Å². The molecular formula is C18H19F3N6O. The molecular weight excluding hydrogens is 373 g/mol. The second-order valence-corrected chi connectivity index (χ2v) is 7.08. The molecule has 148 valence electrons. The lowest BCUT2D eigenvalue weighted by molar-refractivity contribution is -0.137. The summed E-state index contributed by atoms with van der Waals surface area (Å²) in [6.45, 7) is 2.83. The number of fused-ring (bicyclic) bond motifs is 1. The van der Waals surface area contributed by atoms with Gasteiger partial charge in [0.15, 0.2) is 0 Å². The molecule has 0 unspecified atom stereocenters. The van der Waals surface area contributed by atoms with Gasteiger partial charge in [-0.15, -0.1) is 5.10 Å². The Kier molecular flexibility index (Phi) is 4.35. The molecule has 0 saturated carbocycles. The number of benzene rings is 1. The van der Waals surface area contributed by atoms with Gasteiger partial charge >= 0.3 is 6.18 Å². The molecule has 1 aliphatic heterocycles. The molecule has 10 heteroatoms. The van der Waals surface area contributed by atoms with Crippen LogP contribution in [0.3, 0.4) is 0 Å². The average molecular weight is 392 g/mol. The van der Waals surface area contributed by atoms with Crippen molar-refractivity contribution in [2.75, 3.05) is 13.1 Å². The van der Waals surface area contributed by atoms with Crippen LogP contribution in [0.25, 0.3) is 11.0 Å². The molecule has 0 spiro atoms. The summed E-state index contributed by atoms with van der Waals surface area (Å²) in [5.74, 6) is -0.0981. The number of aryl methyl sites for hydroxylation is 2. The van der Waals surface area contributed by atoms with Gasteiger partial charge in [0.1, 0.15) is 5.52 Å². The zero-order chi connectivity index (χ0) is 20.1. The van der Waals surface area contributed by atoms with Crippen molar-refractivity contribution in [2.45, 2.75) is 32.0 Å². The number of carbonyl (C=O) groups excluding carboxylic acids is 1. The number of hydrogen-bond donors (Lipinski definition) is 0. The van der Waals surface area contributed by atoms with Gasteiger partial charge in [0.2, 0.25) is 0 Å². The Morgan fingerprint density at radius 2 is 2.07 bits per heavy atom. The molecule has 2 aromatic heterocycles. The lowest BCUT2D eigenvalue weighted by atomic mass is 10.0. The van der Waals surface area contributed by atoms with Gasteiger partial charge in [-0.1, -0.05) is 5.21 Å². The first-order valence-corrected chi connectivity index (χ1v) is 8.95. The molecule has 1 atom stereocenters. The molecule has 7 nitrogen and oxygen atoms in total. The zero-order valence-corrected chi connectivity index (χ0v) is 15.4. The lowest BCUT2D eigenvalue weighted by Gasteiger charge is -2.32. The predicted octanol–water partition coefficient (Wildman–Crippen LogP) is 2.97. The van der Waals surface area contributed by atoms with Crippen LogP contribution in [0.4, 0.5) is 13.2 Å². The van der Waals surface area contributed by atoms with E-state index in [1.165, 1.54) is 6.07 Å². The number of piperidine rings is 1. The van der Waals surface area contributed by atoms with E-state index in [1.807, 2.05) is 0 Å². The van der Waals surface area contributed by atoms with Gasteiger partial charge in [-0.25, -0.2) is 4.68 Å². The van der Waals surface area contributed by atoms with E-state index in [0.29, 0.717) is 29.9 Å². The van der Waals surface area contributed by atoms with E-state index in [0.717, 1.165) is 25.0 Å². The highest BCUT2D eigenvalue weighted by Crippen LogP contribution is 2.32. The number of amides is 1. The first-order valence-electron chi connectivity index (χ1n) is 8.95. The van der Waals surface area contributed by atoms with Crippen molar-refractivity contribution in [1.29, 1.82) is 0 Å². The highest BCUT2D eigenvalue weighted by atomic mass is 19.4. The van der Waals surface area contributed by atoms with E-state index in [-0.39, 0.29) is 17.5 Å². The van der Waals surface area contributed by atoms with E-state index in [4.69, 9.17) is 0 Å². The molecule has 1 aliphatic rings. The van der Waals surface area contributed by atoms with Crippen LogP contribution in [-0.2, 0) is 13.2 Å². The van der Waals surface area contributed by atoms with E-state index < -0.39 is 11.7 Å². The van der Waals surface area contributed by atoms with Crippen molar-refractivity contribution < 1.29 is 18.0 Å². The summed E-state index contributed by atoms with van der Waals surface area (Å²) in [6, 6.07) is 3.29. The summed E-state index contributed by atoms with van der Waals surface area (Å²) in [5.41, 5.74) is 1.20. The first-order chi connectivity index (χ1) is 13.2. The number of nitrogens with zero attached hydrogens (tertiary/aromatic N) is 6. The Bertz CT molecular complexity index is 1040. The number of hydrogen-bond acceptors (Lipinski definition) is 4. The fraction of sp³-hybridized carbons (Fsp3) is 0.444. The maximum absolute atomic E-state index is 12.9. The van der Waals surface area contributed by atoms with Crippen LogP contribution in [0, 0.1) is 6.92 Å². The summed E-state index contributed by atoms with van der Waals surface area (Å²) in [4.78, 5) is 14.6. The van der Waals surface area contributed by atoms with E-state index in [1.54, 1.807) is 34.4 Å². The van der Waals surface area contributed by atoms with Crippen LogP contribution in [0.2, 0.25) is 0 Å². The Labute approximate surface area is 158 Å². The summed E-state index contributed by atoms with van der Waals surface area (Å²) >= 11 is 0. The molecule has 0 bridgehead atoms. The van der Waals surface area contributed by atoms with Crippen molar-refractivity contribution in [1.82, 2.24) is 29.7 Å². The highest BCUT2D eigenvalue weighted by Gasteiger charge is 2.32. The molecule has 0 aliphatic carbocycles. The molecule has 3 aromatic rings. The second-order valence-electron chi connectivity index (χ2n) is 7.08. The van der Waals surface area contributed by atoms with Crippen LogP contribution in [0.1, 0.15) is 40.5 Å². The number of halogens is 3. The fourth-order valence-electron chi connectivity index (χ4n) is 3.71. The SMILES string of the molecule is Cc1nn(C)cc1C(=O)N1CCC[C@@H](n2nnc3cc(C(F)(F)F)ccc32)C1. The van der Waals surface area contributed by atoms with Crippen molar-refractivity contribution >= 4 is 16.9 Å². The molecule has 1 amide bonds. The van der Waals surface area contributed by atoms with Crippen LogP contribution >= 0.6 is 0 Å². The average Bonchev–Trinajstić information content (AvgIpc) is 3.22. The van der Waals surface area contributed by atoms with Crippen LogP contribution in [0.5, 0.6) is 0 Å². The van der Waals surface area contributed by atoms with Gasteiger partial charge in [-0.3, -0.25) is 9.48 Å². The molecule has 0 N–H and O–H groups in total. The monoisotopic (exact) mass is 392 g/mol. The molecule has 3 heterocycles. The zero-order valence-electron chi connectivity index (χ0n) is 15.4. The van der Waals surface area contributed by atoms with Crippen molar-refractivity contribution in [2.24, 2.45) is 7.05 Å². The van der Waals surface area contributed by atoms with Crippen LogP contribution < -0.4 is 0 Å².